The van der Waals surface area contributed by atoms with Gasteiger partial charge >= 0.3 is 0 Å². The molecule has 0 unspecified atom stereocenters. The first-order valence-electron chi connectivity index (χ1n) is 11.8. The van der Waals surface area contributed by atoms with Gasteiger partial charge in [-0.1, -0.05) is 40.9 Å². The lowest BCUT2D eigenvalue weighted by atomic mass is 9.95. The van der Waals surface area contributed by atoms with Gasteiger partial charge in [-0.25, -0.2) is 8.42 Å². The zero-order chi connectivity index (χ0) is 23.3. The molecular weight excluding hydrogens is 502 g/mol. The van der Waals surface area contributed by atoms with Crippen LogP contribution in [0.2, 0.25) is 0 Å². The first kappa shape index (κ1) is 24.4. The molecule has 1 amide bonds. The van der Waals surface area contributed by atoms with Crippen LogP contribution in [-0.2, 0) is 21.4 Å². The zero-order valence-corrected chi connectivity index (χ0v) is 21.3. The van der Waals surface area contributed by atoms with E-state index in [0.29, 0.717) is 23.7 Å². The lowest BCUT2D eigenvalue weighted by Gasteiger charge is -2.31. The molecule has 0 aromatic heterocycles. The van der Waals surface area contributed by atoms with Crippen LogP contribution < -0.4 is 5.32 Å². The van der Waals surface area contributed by atoms with E-state index in [-0.39, 0.29) is 11.8 Å². The fourth-order valence-electron chi connectivity index (χ4n) is 4.63. The van der Waals surface area contributed by atoms with E-state index in [1.54, 1.807) is 28.6 Å². The fraction of sp³-hybridized carbons (Fsp3) is 0.480. The van der Waals surface area contributed by atoms with E-state index in [1.807, 2.05) is 12.1 Å². The second-order valence-corrected chi connectivity index (χ2v) is 11.9. The van der Waals surface area contributed by atoms with Crippen molar-refractivity contribution in [2.24, 2.45) is 5.92 Å². The van der Waals surface area contributed by atoms with Gasteiger partial charge in [0.1, 0.15) is 0 Å². The number of amides is 1. The monoisotopic (exact) mass is 533 g/mol. The molecule has 2 aromatic carbocycles. The Bertz CT molecular complexity index is 1040. The minimum absolute atomic E-state index is 0.0141. The Morgan fingerprint density at radius 3 is 2.24 bits per heavy atom. The third-order valence-electron chi connectivity index (χ3n) is 6.58. The van der Waals surface area contributed by atoms with Gasteiger partial charge in [0.2, 0.25) is 15.9 Å². The van der Waals surface area contributed by atoms with Crippen molar-refractivity contribution in [2.75, 3.05) is 31.5 Å². The van der Waals surface area contributed by atoms with E-state index in [2.05, 4.69) is 38.3 Å². The molecule has 2 heterocycles. The number of sulfonamides is 1. The Kier molecular flexibility index (Phi) is 8.22. The smallest absolute Gasteiger partial charge is 0.243 e. The number of rotatable bonds is 6. The number of anilines is 1. The molecule has 0 radical (unpaired) electrons. The number of nitrogens with one attached hydrogen (secondary N) is 1. The summed E-state index contributed by atoms with van der Waals surface area (Å²) in [6, 6.07) is 14.9. The quantitative estimate of drug-likeness (QED) is 0.575. The molecule has 0 aliphatic carbocycles. The molecule has 178 valence electrons. The molecule has 4 rings (SSSR count). The fourth-order valence-corrected chi connectivity index (χ4v) is 6.60. The molecule has 2 saturated heterocycles. The average Bonchev–Trinajstić information content (AvgIpc) is 3.10. The first-order valence-corrected chi connectivity index (χ1v) is 14.0. The number of hydrogen-bond donors (Lipinski definition) is 1. The van der Waals surface area contributed by atoms with Crippen LogP contribution in [0, 0.1) is 5.92 Å². The molecule has 33 heavy (non-hydrogen) atoms. The number of carbonyl (C=O) groups is 1. The van der Waals surface area contributed by atoms with Crippen LogP contribution in [0.15, 0.2) is 57.9 Å². The maximum atomic E-state index is 12.9. The van der Waals surface area contributed by atoms with Crippen LogP contribution in [0.5, 0.6) is 0 Å². The highest BCUT2D eigenvalue weighted by Crippen LogP contribution is 2.24. The summed E-state index contributed by atoms with van der Waals surface area (Å²) >= 11 is 3.52. The number of nitrogens with zero attached hydrogens (tertiary/aromatic N) is 2. The van der Waals surface area contributed by atoms with E-state index in [9.17, 15) is 13.2 Å². The van der Waals surface area contributed by atoms with E-state index in [0.717, 1.165) is 62.6 Å². The topological polar surface area (TPSA) is 69.7 Å². The van der Waals surface area contributed by atoms with Gasteiger partial charge in [0, 0.05) is 35.7 Å². The summed E-state index contributed by atoms with van der Waals surface area (Å²) in [6.07, 6.45) is 5.63. The molecule has 0 saturated carbocycles. The van der Waals surface area contributed by atoms with Gasteiger partial charge in [0.15, 0.2) is 0 Å². The van der Waals surface area contributed by atoms with Crippen molar-refractivity contribution in [3.8, 4) is 0 Å². The Morgan fingerprint density at radius 2 is 1.61 bits per heavy atom. The summed E-state index contributed by atoms with van der Waals surface area (Å²) in [5.41, 5.74) is 1.91. The summed E-state index contributed by atoms with van der Waals surface area (Å²) in [5.74, 6) is -0.00972. The minimum Gasteiger partial charge on any atom is -0.326 e. The lowest BCUT2D eigenvalue weighted by molar-refractivity contribution is -0.121. The van der Waals surface area contributed by atoms with Crippen LogP contribution in [0.4, 0.5) is 5.69 Å². The van der Waals surface area contributed by atoms with Crippen molar-refractivity contribution in [1.29, 1.82) is 0 Å². The summed E-state index contributed by atoms with van der Waals surface area (Å²) in [5, 5.41) is 2.98. The molecule has 6 nitrogen and oxygen atoms in total. The highest BCUT2D eigenvalue weighted by atomic mass is 79.9. The van der Waals surface area contributed by atoms with Crippen molar-refractivity contribution < 1.29 is 13.2 Å². The second-order valence-electron chi connectivity index (χ2n) is 9.01. The number of benzene rings is 2. The van der Waals surface area contributed by atoms with Gasteiger partial charge in [-0.3, -0.25) is 9.69 Å². The third kappa shape index (κ3) is 6.44. The molecule has 0 spiro atoms. The van der Waals surface area contributed by atoms with E-state index in [4.69, 9.17) is 0 Å². The summed E-state index contributed by atoms with van der Waals surface area (Å²) in [4.78, 5) is 15.5. The van der Waals surface area contributed by atoms with Gasteiger partial charge in [-0.05, 0) is 80.7 Å². The largest absolute Gasteiger partial charge is 0.326 e. The van der Waals surface area contributed by atoms with Crippen molar-refractivity contribution in [2.45, 2.75) is 50.0 Å². The van der Waals surface area contributed by atoms with E-state index >= 15 is 0 Å². The van der Waals surface area contributed by atoms with Crippen LogP contribution in [0.3, 0.4) is 0 Å². The molecule has 2 fully saturated rings. The molecule has 1 N–H and O–H groups in total. The number of carbonyl (C=O) groups excluding carboxylic acids is 1. The Hall–Kier alpha value is -1.74. The summed E-state index contributed by atoms with van der Waals surface area (Å²) in [6.45, 7) is 3.83. The van der Waals surface area contributed by atoms with Crippen LogP contribution in [-0.4, -0.2) is 49.7 Å². The molecule has 2 aromatic rings. The summed E-state index contributed by atoms with van der Waals surface area (Å²) < 4.78 is 28.5. The SMILES string of the molecule is O=C(Nc1ccc(S(=O)(=O)N2CCCCCC2)cc1)C1CCN(Cc2cccc(Br)c2)CC1. The van der Waals surface area contributed by atoms with Crippen LogP contribution in [0.1, 0.15) is 44.1 Å². The maximum absolute atomic E-state index is 12.9. The maximum Gasteiger partial charge on any atom is 0.243 e. The molecular formula is C25H32BrN3O3S. The number of likely N-dealkylation sites (tertiary alicyclic amines) is 1. The first-order chi connectivity index (χ1) is 15.9. The van der Waals surface area contributed by atoms with Crippen LogP contribution >= 0.6 is 15.9 Å². The predicted molar refractivity (Wildman–Crippen MR) is 134 cm³/mol. The van der Waals surface area contributed by atoms with Gasteiger partial charge in [0.25, 0.3) is 0 Å². The van der Waals surface area contributed by atoms with Gasteiger partial charge < -0.3 is 5.32 Å². The van der Waals surface area contributed by atoms with E-state index in [1.165, 1.54) is 5.56 Å². The molecule has 2 aliphatic heterocycles. The van der Waals surface area contributed by atoms with Crippen molar-refractivity contribution in [3.63, 3.8) is 0 Å². The van der Waals surface area contributed by atoms with Crippen molar-refractivity contribution in [1.82, 2.24) is 9.21 Å². The molecule has 2 aliphatic rings. The molecule has 0 atom stereocenters. The third-order valence-corrected chi connectivity index (χ3v) is 8.98. The Labute approximate surface area is 205 Å². The number of hydrogen-bond acceptors (Lipinski definition) is 4. The number of halogens is 1. The molecule has 8 heteroatoms. The van der Waals surface area contributed by atoms with Crippen LogP contribution in [0.25, 0.3) is 0 Å². The summed E-state index contributed by atoms with van der Waals surface area (Å²) in [7, 11) is -3.47. The second kappa shape index (κ2) is 11.1. The van der Waals surface area contributed by atoms with Gasteiger partial charge in [0.05, 0.1) is 4.90 Å². The number of piperidine rings is 1. The average molecular weight is 535 g/mol. The Morgan fingerprint density at radius 1 is 0.939 bits per heavy atom. The van der Waals surface area contributed by atoms with Gasteiger partial charge in [-0.2, -0.15) is 4.31 Å². The Balaban J connectivity index is 1.29. The minimum atomic E-state index is -3.47. The van der Waals surface area contributed by atoms with Crippen molar-refractivity contribution in [3.05, 3.63) is 58.6 Å². The van der Waals surface area contributed by atoms with Gasteiger partial charge in [-0.15, -0.1) is 0 Å². The lowest BCUT2D eigenvalue weighted by Crippen LogP contribution is -2.37. The van der Waals surface area contributed by atoms with Crippen molar-refractivity contribution >= 4 is 37.5 Å². The highest BCUT2D eigenvalue weighted by Gasteiger charge is 2.27. The highest BCUT2D eigenvalue weighted by molar-refractivity contribution is 9.10. The zero-order valence-electron chi connectivity index (χ0n) is 18.9. The predicted octanol–water partition coefficient (Wildman–Crippen LogP) is 4.86. The standard InChI is InChI=1S/C25H32BrN3O3S/c26-22-7-5-6-20(18-22)19-28-16-12-21(13-17-28)25(30)27-23-8-10-24(11-9-23)33(31,32)29-14-3-1-2-4-15-29/h5-11,18,21H,1-4,12-17,19H2,(H,27,30). The van der Waals surface area contributed by atoms with E-state index < -0.39 is 10.0 Å². The molecule has 0 bridgehead atoms. The normalized spacial score (nSPS) is 19.2.